The highest BCUT2D eigenvalue weighted by atomic mass is 32.2. The van der Waals surface area contributed by atoms with Gasteiger partial charge in [-0.3, -0.25) is 9.52 Å². The second kappa shape index (κ2) is 10.7. The van der Waals surface area contributed by atoms with E-state index in [0.717, 1.165) is 5.56 Å². The zero-order valence-corrected chi connectivity index (χ0v) is 21.2. The van der Waals surface area contributed by atoms with Gasteiger partial charge in [-0.2, -0.15) is 0 Å². The molecule has 3 aromatic rings. The predicted molar refractivity (Wildman–Crippen MR) is 136 cm³/mol. The second-order valence-corrected chi connectivity index (χ2v) is 10.4. The summed E-state index contributed by atoms with van der Waals surface area (Å²) in [6.45, 7) is 5.96. The Kier molecular flexibility index (Phi) is 7.91. The smallest absolute Gasteiger partial charge is 0.265 e. The van der Waals surface area contributed by atoms with E-state index in [4.69, 9.17) is 14.2 Å². The number of rotatable bonds is 9. The van der Waals surface area contributed by atoms with E-state index in [1.54, 1.807) is 30.3 Å². The van der Waals surface area contributed by atoms with Crippen molar-refractivity contribution < 1.29 is 27.4 Å². The lowest BCUT2D eigenvalue weighted by Gasteiger charge is -2.22. The number of hydrogen-bond acceptors (Lipinski definition) is 6. The summed E-state index contributed by atoms with van der Waals surface area (Å²) >= 11 is 0. The van der Waals surface area contributed by atoms with Gasteiger partial charge in [0.1, 0.15) is 22.1 Å². The number of anilines is 2. The summed E-state index contributed by atoms with van der Waals surface area (Å²) in [5.41, 5.74) is 1.48. The zero-order chi connectivity index (χ0) is 25.6. The number of nitrogens with one attached hydrogen (secondary N) is 2. The first-order valence-corrected chi connectivity index (χ1v) is 12.4. The molecule has 0 aromatic heterocycles. The van der Waals surface area contributed by atoms with Crippen molar-refractivity contribution in [1.82, 2.24) is 0 Å². The van der Waals surface area contributed by atoms with E-state index in [-0.39, 0.29) is 22.7 Å². The Bertz CT molecular complexity index is 1280. The van der Waals surface area contributed by atoms with E-state index >= 15 is 0 Å². The molecule has 0 heterocycles. The molecule has 0 atom stereocenters. The van der Waals surface area contributed by atoms with Crippen LogP contribution in [-0.4, -0.2) is 35.2 Å². The largest absolute Gasteiger partial charge is 0.497 e. The van der Waals surface area contributed by atoms with Gasteiger partial charge in [-0.05, 0) is 59.5 Å². The van der Waals surface area contributed by atoms with Crippen LogP contribution < -0.4 is 24.2 Å². The molecule has 0 fully saturated rings. The predicted octanol–water partition coefficient (Wildman–Crippen LogP) is 4.82. The van der Waals surface area contributed by atoms with Gasteiger partial charge in [0.25, 0.3) is 15.9 Å². The monoisotopic (exact) mass is 498 g/mol. The Morgan fingerprint density at radius 2 is 1.51 bits per heavy atom. The Morgan fingerprint density at radius 3 is 2.14 bits per heavy atom. The molecule has 35 heavy (non-hydrogen) atoms. The minimum atomic E-state index is -4.01. The quantitative estimate of drug-likeness (QED) is 0.439. The van der Waals surface area contributed by atoms with Crippen LogP contribution in [0.25, 0.3) is 0 Å². The third kappa shape index (κ3) is 6.66. The third-order valence-corrected chi connectivity index (χ3v) is 6.54. The van der Waals surface area contributed by atoms with Gasteiger partial charge in [0.15, 0.2) is 6.61 Å². The molecule has 3 rings (SSSR count). The molecule has 0 saturated heterocycles. The van der Waals surface area contributed by atoms with E-state index < -0.39 is 15.9 Å². The van der Waals surface area contributed by atoms with Crippen molar-refractivity contribution in [3.05, 3.63) is 72.3 Å². The lowest BCUT2D eigenvalue weighted by Crippen LogP contribution is -2.22. The van der Waals surface area contributed by atoms with Crippen molar-refractivity contribution in [1.29, 1.82) is 0 Å². The molecular weight excluding hydrogens is 468 g/mol. The number of hydrogen-bond donors (Lipinski definition) is 2. The minimum absolute atomic E-state index is 0.118. The number of carbonyl (C=O) groups is 1. The first-order valence-electron chi connectivity index (χ1n) is 10.9. The van der Waals surface area contributed by atoms with Crippen molar-refractivity contribution >= 4 is 27.3 Å². The summed E-state index contributed by atoms with van der Waals surface area (Å²) in [4.78, 5) is 12.5. The molecular formula is C26H30N2O6S. The first kappa shape index (κ1) is 25.9. The molecule has 0 aliphatic rings. The highest BCUT2D eigenvalue weighted by Crippen LogP contribution is 2.31. The average Bonchev–Trinajstić information content (AvgIpc) is 2.82. The van der Waals surface area contributed by atoms with Gasteiger partial charge in [0.05, 0.1) is 14.2 Å². The Labute approximate surface area is 206 Å². The van der Waals surface area contributed by atoms with Gasteiger partial charge in [0.2, 0.25) is 0 Å². The van der Waals surface area contributed by atoms with Crippen LogP contribution in [0.4, 0.5) is 11.4 Å². The van der Waals surface area contributed by atoms with E-state index in [1.165, 1.54) is 26.4 Å². The van der Waals surface area contributed by atoms with Crippen LogP contribution in [-0.2, 0) is 20.2 Å². The number of carbonyl (C=O) groups excluding carboxylic acids is 1. The topological polar surface area (TPSA) is 103 Å². The number of amides is 1. The normalized spacial score (nSPS) is 11.5. The van der Waals surface area contributed by atoms with E-state index in [0.29, 0.717) is 22.9 Å². The molecule has 186 valence electrons. The molecule has 9 heteroatoms. The summed E-state index contributed by atoms with van der Waals surface area (Å²) in [6.07, 6.45) is 0. The molecule has 8 nitrogen and oxygen atoms in total. The van der Waals surface area contributed by atoms with Crippen LogP contribution in [0.3, 0.4) is 0 Å². The number of benzene rings is 3. The van der Waals surface area contributed by atoms with Crippen molar-refractivity contribution in [2.75, 3.05) is 30.9 Å². The van der Waals surface area contributed by atoms with Crippen molar-refractivity contribution in [2.24, 2.45) is 0 Å². The summed E-state index contributed by atoms with van der Waals surface area (Å²) in [5.74, 6) is 0.934. The molecule has 1 amide bonds. The highest BCUT2D eigenvalue weighted by Gasteiger charge is 2.22. The SMILES string of the molecule is COc1ccc(NS(=O)(=O)c2cc(NC(=O)COc3ccccc3C(C)(C)C)ccc2OC)cc1. The molecule has 0 radical (unpaired) electrons. The molecule has 0 bridgehead atoms. The number of ether oxygens (including phenoxy) is 3. The maximum Gasteiger partial charge on any atom is 0.265 e. The maximum atomic E-state index is 13.1. The summed E-state index contributed by atoms with van der Waals surface area (Å²) < 4.78 is 44.7. The lowest BCUT2D eigenvalue weighted by molar-refractivity contribution is -0.118. The molecule has 2 N–H and O–H groups in total. The van der Waals surface area contributed by atoms with Crippen molar-refractivity contribution in [3.63, 3.8) is 0 Å². The van der Waals surface area contributed by atoms with Crippen molar-refractivity contribution in [2.45, 2.75) is 31.1 Å². The molecule has 3 aromatic carbocycles. The fourth-order valence-corrected chi connectivity index (χ4v) is 4.64. The Balaban J connectivity index is 1.75. The Morgan fingerprint density at radius 1 is 0.857 bits per heavy atom. The summed E-state index contributed by atoms with van der Waals surface area (Å²) in [5, 5.41) is 2.68. The lowest BCUT2D eigenvalue weighted by atomic mass is 9.86. The van der Waals surface area contributed by atoms with Gasteiger partial charge in [0, 0.05) is 11.4 Å². The minimum Gasteiger partial charge on any atom is -0.497 e. The van der Waals surface area contributed by atoms with E-state index in [9.17, 15) is 13.2 Å². The maximum absolute atomic E-state index is 13.1. The second-order valence-electron chi connectivity index (χ2n) is 8.78. The van der Waals surface area contributed by atoms with Crippen LogP contribution >= 0.6 is 0 Å². The molecule has 0 saturated carbocycles. The van der Waals surface area contributed by atoms with Gasteiger partial charge in [-0.25, -0.2) is 8.42 Å². The average molecular weight is 499 g/mol. The van der Waals surface area contributed by atoms with Crippen LogP contribution in [0.15, 0.2) is 71.6 Å². The Hall–Kier alpha value is -3.72. The highest BCUT2D eigenvalue weighted by molar-refractivity contribution is 7.92. The van der Waals surface area contributed by atoms with Gasteiger partial charge in [-0.1, -0.05) is 39.0 Å². The number of sulfonamides is 1. The van der Waals surface area contributed by atoms with Crippen LogP contribution in [0, 0.1) is 0 Å². The summed E-state index contributed by atoms with van der Waals surface area (Å²) in [7, 11) is -1.11. The van der Waals surface area contributed by atoms with E-state index in [2.05, 4.69) is 30.8 Å². The van der Waals surface area contributed by atoms with Crippen LogP contribution in [0.1, 0.15) is 26.3 Å². The van der Waals surface area contributed by atoms with Gasteiger partial charge >= 0.3 is 0 Å². The number of methoxy groups -OCH3 is 2. The van der Waals surface area contributed by atoms with Gasteiger partial charge in [-0.15, -0.1) is 0 Å². The zero-order valence-electron chi connectivity index (χ0n) is 20.4. The fraction of sp³-hybridized carbons (Fsp3) is 0.269. The summed E-state index contributed by atoms with van der Waals surface area (Å²) in [6, 6.07) is 18.4. The fourth-order valence-electron chi connectivity index (χ4n) is 3.39. The first-order chi connectivity index (χ1) is 16.5. The van der Waals surface area contributed by atoms with Crippen LogP contribution in [0.2, 0.25) is 0 Å². The van der Waals surface area contributed by atoms with Crippen molar-refractivity contribution in [3.8, 4) is 17.2 Å². The molecule has 0 aliphatic carbocycles. The molecule has 0 spiro atoms. The number of para-hydroxylation sites is 1. The molecule has 0 aliphatic heterocycles. The molecule has 0 unspecified atom stereocenters. The van der Waals surface area contributed by atoms with Crippen LogP contribution in [0.5, 0.6) is 17.2 Å². The third-order valence-electron chi connectivity index (χ3n) is 5.13. The standard InChI is InChI=1S/C26H30N2O6S/c1-26(2,3)21-8-6-7-9-22(21)34-17-25(29)27-19-12-15-23(33-5)24(16-19)35(30,31)28-18-10-13-20(32-4)14-11-18/h6-16,28H,17H2,1-5H3,(H,27,29). The van der Waals surface area contributed by atoms with Gasteiger partial charge < -0.3 is 19.5 Å². The van der Waals surface area contributed by atoms with E-state index in [1.807, 2.05) is 24.3 Å².